The lowest BCUT2D eigenvalue weighted by molar-refractivity contribution is -0.118. The van der Waals surface area contributed by atoms with E-state index in [1.54, 1.807) is 0 Å². The normalized spacial score (nSPS) is 11.6. The van der Waals surface area contributed by atoms with Gasteiger partial charge in [-0.05, 0) is 31.7 Å². The largest absolute Gasteiger partial charge is 0.299 e. The van der Waals surface area contributed by atoms with Crippen molar-refractivity contribution < 1.29 is 4.79 Å². The molecular weight excluding hydrogens is 268 g/mol. The van der Waals surface area contributed by atoms with Gasteiger partial charge in [0.1, 0.15) is 5.78 Å². The summed E-state index contributed by atoms with van der Waals surface area (Å²) < 4.78 is 0. The molecule has 0 heterocycles. The molecule has 0 aliphatic heterocycles. The van der Waals surface area contributed by atoms with Crippen molar-refractivity contribution in [2.75, 3.05) is 0 Å². The maximum Gasteiger partial charge on any atom is 0.137 e. The van der Waals surface area contributed by atoms with Gasteiger partial charge in [-0.1, -0.05) is 81.0 Å². The Morgan fingerprint density at radius 3 is 2.41 bits per heavy atom. The molecule has 1 nitrogen and oxygen atoms in total. The van der Waals surface area contributed by atoms with Gasteiger partial charge in [-0.15, -0.1) is 0 Å². The average molecular weight is 300 g/mol. The summed E-state index contributed by atoms with van der Waals surface area (Å²) >= 11 is 0. The molecule has 0 radical (unpaired) electrons. The molecule has 0 aromatic heterocycles. The van der Waals surface area contributed by atoms with Crippen molar-refractivity contribution in [3.63, 3.8) is 0 Å². The third-order valence-electron chi connectivity index (χ3n) is 4.06. The van der Waals surface area contributed by atoms with Crippen LogP contribution in [0, 0.1) is 0 Å². The van der Waals surface area contributed by atoms with E-state index < -0.39 is 0 Å². The molecule has 0 saturated carbocycles. The summed E-state index contributed by atoms with van der Waals surface area (Å²) in [4.78, 5) is 12.0. The van der Waals surface area contributed by atoms with E-state index in [2.05, 4.69) is 32.1 Å². The van der Waals surface area contributed by atoms with Crippen LogP contribution in [0.4, 0.5) is 0 Å². The number of carbonyl (C=O) groups is 1. The molecule has 0 atom stereocenters. The van der Waals surface area contributed by atoms with E-state index in [1.165, 1.54) is 49.7 Å². The molecule has 0 amide bonds. The summed E-state index contributed by atoms with van der Waals surface area (Å²) in [5, 5.41) is 0. The van der Waals surface area contributed by atoms with E-state index in [4.69, 9.17) is 0 Å². The lowest BCUT2D eigenvalue weighted by Crippen LogP contribution is -2.00. The van der Waals surface area contributed by atoms with Gasteiger partial charge < -0.3 is 0 Å². The number of Topliss-reactive ketones (excluding diaryl/α,β-unsaturated/α-hetero) is 1. The number of unbranched alkanes of at least 4 members (excludes halogenated alkanes) is 6. The predicted octanol–water partition coefficient (Wildman–Crippen LogP) is 6.28. The Kier molecular flexibility index (Phi) is 10.4. The molecule has 1 aromatic rings. The van der Waals surface area contributed by atoms with Crippen LogP contribution in [0.15, 0.2) is 42.0 Å². The quantitative estimate of drug-likeness (QED) is 0.328. The highest BCUT2D eigenvalue weighted by atomic mass is 16.1. The molecule has 0 saturated heterocycles. The SMILES string of the molecule is CCCCCCCC/C=C(\C)CC(=O)CCc1ccccc1. The fourth-order valence-electron chi connectivity index (χ4n) is 2.67. The second-order valence-electron chi connectivity index (χ2n) is 6.31. The van der Waals surface area contributed by atoms with Crippen molar-refractivity contribution in [3.8, 4) is 0 Å². The number of ketones is 1. The Bertz CT molecular complexity index is 430. The van der Waals surface area contributed by atoms with E-state index in [-0.39, 0.29) is 0 Å². The number of hydrogen-bond donors (Lipinski definition) is 0. The second-order valence-corrected chi connectivity index (χ2v) is 6.31. The molecule has 0 spiro atoms. The van der Waals surface area contributed by atoms with Crippen LogP contribution in [0.25, 0.3) is 0 Å². The molecule has 22 heavy (non-hydrogen) atoms. The highest BCUT2D eigenvalue weighted by molar-refractivity contribution is 5.80. The first-order valence-corrected chi connectivity index (χ1v) is 8.93. The molecule has 0 unspecified atom stereocenters. The van der Waals surface area contributed by atoms with Gasteiger partial charge in [0, 0.05) is 12.8 Å². The van der Waals surface area contributed by atoms with Crippen LogP contribution >= 0.6 is 0 Å². The number of carbonyl (C=O) groups excluding carboxylic acids is 1. The van der Waals surface area contributed by atoms with Crippen LogP contribution in [0.2, 0.25) is 0 Å². The fourth-order valence-corrected chi connectivity index (χ4v) is 2.67. The number of benzene rings is 1. The third kappa shape index (κ3) is 9.55. The van der Waals surface area contributed by atoms with Crippen molar-refractivity contribution in [2.24, 2.45) is 0 Å². The number of aryl methyl sites for hydroxylation is 1. The Morgan fingerprint density at radius 1 is 1.00 bits per heavy atom. The van der Waals surface area contributed by atoms with Crippen LogP contribution < -0.4 is 0 Å². The number of rotatable bonds is 12. The number of allylic oxidation sites excluding steroid dienone is 2. The molecule has 0 N–H and O–H groups in total. The van der Waals surface area contributed by atoms with Crippen LogP contribution in [-0.2, 0) is 11.2 Å². The summed E-state index contributed by atoms with van der Waals surface area (Å²) in [5.74, 6) is 0.362. The average Bonchev–Trinajstić information content (AvgIpc) is 2.53. The minimum Gasteiger partial charge on any atom is -0.299 e. The molecule has 0 aliphatic carbocycles. The Balaban J connectivity index is 2.11. The Labute approximate surface area is 136 Å². The van der Waals surface area contributed by atoms with E-state index >= 15 is 0 Å². The highest BCUT2D eigenvalue weighted by Gasteiger charge is 2.03. The van der Waals surface area contributed by atoms with Gasteiger partial charge >= 0.3 is 0 Å². The van der Waals surface area contributed by atoms with Gasteiger partial charge in [0.2, 0.25) is 0 Å². The first-order valence-electron chi connectivity index (χ1n) is 8.93. The summed E-state index contributed by atoms with van der Waals surface area (Å²) in [5.41, 5.74) is 2.50. The van der Waals surface area contributed by atoms with Gasteiger partial charge in [-0.25, -0.2) is 0 Å². The van der Waals surface area contributed by atoms with Crippen molar-refractivity contribution >= 4 is 5.78 Å². The maximum absolute atomic E-state index is 12.0. The first-order chi connectivity index (χ1) is 10.7. The molecule has 1 heteroatoms. The van der Waals surface area contributed by atoms with E-state index in [9.17, 15) is 4.79 Å². The lowest BCUT2D eigenvalue weighted by atomic mass is 10.0. The summed E-state index contributed by atoms with van der Waals surface area (Å²) in [6, 6.07) is 10.3. The van der Waals surface area contributed by atoms with Crippen molar-refractivity contribution in [1.82, 2.24) is 0 Å². The smallest absolute Gasteiger partial charge is 0.137 e. The molecule has 1 aromatic carbocycles. The second kappa shape index (κ2) is 12.2. The third-order valence-corrected chi connectivity index (χ3v) is 4.06. The predicted molar refractivity (Wildman–Crippen MR) is 96.1 cm³/mol. The van der Waals surface area contributed by atoms with Crippen LogP contribution in [0.5, 0.6) is 0 Å². The molecular formula is C21H32O. The molecule has 0 bridgehead atoms. The van der Waals surface area contributed by atoms with Gasteiger partial charge in [-0.3, -0.25) is 4.79 Å². The van der Waals surface area contributed by atoms with Crippen molar-refractivity contribution in [1.29, 1.82) is 0 Å². The summed E-state index contributed by atoms with van der Waals surface area (Å²) in [6.07, 6.45) is 13.5. The molecule has 1 rings (SSSR count). The molecule has 0 fully saturated rings. The van der Waals surface area contributed by atoms with Crippen LogP contribution in [-0.4, -0.2) is 5.78 Å². The standard InChI is InChI=1S/C21H32O/c1-3-4-5-6-7-8-10-13-19(2)18-21(22)17-16-20-14-11-9-12-15-20/h9,11-15H,3-8,10,16-18H2,1-2H3/b19-13+. The zero-order valence-corrected chi connectivity index (χ0v) is 14.4. The van der Waals surface area contributed by atoms with E-state index in [0.29, 0.717) is 18.6 Å². The first kappa shape index (κ1) is 18.7. The van der Waals surface area contributed by atoms with Crippen molar-refractivity contribution in [3.05, 3.63) is 47.5 Å². The monoisotopic (exact) mass is 300 g/mol. The Morgan fingerprint density at radius 2 is 1.68 bits per heavy atom. The molecule has 122 valence electrons. The zero-order valence-electron chi connectivity index (χ0n) is 14.4. The van der Waals surface area contributed by atoms with E-state index in [0.717, 1.165) is 12.8 Å². The minimum absolute atomic E-state index is 0.362. The van der Waals surface area contributed by atoms with Crippen molar-refractivity contribution in [2.45, 2.75) is 78.1 Å². The zero-order chi connectivity index (χ0) is 16.0. The fraction of sp³-hybridized carbons (Fsp3) is 0.571. The highest BCUT2D eigenvalue weighted by Crippen LogP contribution is 2.11. The van der Waals surface area contributed by atoms with Crippen LogP contribution in [0.1, 0.15) is 77.2 Å². The molecule has 0 aliphatic rings. The van der Waals surface area contributed by atoms with Gasteiger partial charge in [0.05, 0.1) is 0 Å². The van der Waals surface area contributed by atoms with Gasteiger partial charge in [-0.2, -0.15) is 0 Å². The topological polar surface area (TPSA) is 17.1 Å². The lowest BCUT2D eigenvalue weighted by Gasteiger charge is -2.03. The van der Waals surface area contributed by atoms with Gasteiger partial charge in [0.15, 0.2) is 0 Å². The van der Waals surface area contributed by atoms with Crippen LogP contribution in [0.3, 0.4) is 0 Å². The van der Waals surface area contributed by atoms with E-state index in [1.807, 2.05) is 18.2 Å². The Hall–Kier alpha value is -1.37. The van der Waals surface area contributed by atoms with Gasteiger partial charge in [0.25, 0.3) is 0 Å². The number of hydrogen-bond acceptors (Lipinski definition) is 1. The summed E-state index contributed by atoms with van der Waals surface area (Å²) in [6.45, 7) is 4.35. The maximum atomic E-state index is 12.0. The summed E-state index contributed by atoms with van der Waals surface area (Å²) in [7, 11) is 0. The minimum atomic E-state index is 0.362.